The highest BCUT2D eigenvalue weighted by Crippen LogP contribution is 2.54. The Bertz CT molecular complexity index is 238. The molecule has 0 fully saturated rings. The van der Waals surface area contributed by atoms with E-state index in [-0.39, 0.29) is 15.1 Å². The molecular weight excluding hydrogens is 317 g/mol. The van der Waals surface area contributed by atoms with Crippen LogP contribution in [-0.2, 0) is 0 Å². The molecule has 6 heteroatoms. The van der Waals surface area contributed by atoms with Gasteiger partial charge in [-0.3, -0.25) is 0 Å². The molecule has 0 nitrogen and oxygen atoms in total. The van der Waals surface area contributed by atoms with Crippen LogP contribution >= 0.6 is 73.9 Å². The van der Waals surface area contributed by atoms with E-state index in [1.54, 1.807) is 0 Å². The third kappa shape index (κ3) is 1.56. The summed E-state index contributed by atoms with van der Waals surface area (Å²) in [4.78, 5) is 0. The molecule has 0 unspecified atom stereocenters. The van der Waals surface area contributed by atoms with Crippen molar-refractivity contribution in [3.05, 3.63) is 19.6 Å². The van der Waals surface area contributed by atoms with E-state index in [0.29, 0.717) is 4.48 Å². The minimum atomic E-state index is -1.32. The zero-order valence-corrected chi connectivity index (χ0v) is 10.1. The smallest absolute Gasteiger partial charge is 0.0892 e. The SMILES string of the molecule is ClC1=C(Cl)C(Cl)(Cl)C(Br)=C1Cl. The second kappa shape index (κ2) is 3.28. The Morgan fingerprint density at radius 2 is 1.45 bits per heavy atom. The zero-order chi connectivity index (χ0) is 8.81. The van der Waals surface area contributed by atoms with Crippen LogP contribution in [0.15, 0.2) is 19.6 Å². The summed E-state index contributed by atoms with van der Waals surface area (Å²) in [7, 11) is 0. The summed E-state index contributed by atoms with van der Waals surface area (Å²) in [6, 6.07) is 0. The molecule has 0 saturated carbocycles. The highest BCUT2D eigenvalue weighted by Gasteiger charge is 2.42. The Balaban J connectivity index is 3.27. The molecule has 0 aromatic carbocycles. The third-order valence-electron chi connectivity index (χ3n) is 1.13. The molecule has 0 aromatic rings. The molecule has 11 heavy (non-hydrogen) atoms. The van der Waals surface area contributed by atoms with Crippen LogP contribution in [0, 0.1) is 0 Å². The van der Waals surface area contributed by atoms with Crippen molar-refractivity contribution in [1.29, 1.82) is 0 Å². The van der Waals surface area contributed by atoms with E-state index in [1.165, 1.54) is 0 Å². The zero-order valence-electron chi connectivity index (χ0n) is 4.77. The van der Waals surface area contributed by atoms with Gasteiger partial charge in [-0.05, 0) is 0 Å². The topological polar surface area (TPSA) is 0 Å². The van der Waals surface area contributed by atoms with Crippen molar-refractivity contribution in [2.45, 2.75) is 4.33 Å². The summed E-state index contributed by atoms with van der Waals surface area (Å²) in [6.45, 7) is 0. The van der Waals surface area contributed by atoms with Gasteiger partial charge in [0.05, 0.1) is 19.6 Å². The second-order valence-electron chi connectivity index (χ2n) is 1.83. The van der Waals surface area contributed by atoms with E-state index >= 15 is 0 Å². The second-order valence-corrected chi connectivity index (χ2v) is 5.08. The van der Waals surface area contributed by atoms with E-state index in [4.69, 9.17) is 58.0 Å². The monoisotopic (exact) mass is 314 g/mol. The summed E-state index contributed by atoms with van der Waals surface area (Å²) >= 11 is 31.6. The lowest BCUT2D eigenvalue weighted by Crippen LogP contribution is -2.09. The van der Waals surface area contributed by atoms with Crippen LogP contribution in [0.3, 0.4) is 0 Å². The summed E-state index contributed by atoms with van der Waals surface area (Å²) < 4.78 is -0.944. The summed E-state index contributed by atoms with van der Waals surface area (Å²) in [5.74, 6) is 0. The van der Waals surface area contributed by atoms with Crippen LogP contribution in [0.2, 0.25) is 0 Å². The van der Waals surface area contributed by atoms with Crippen LogP contribution in [0.4, 0.5) is 0 Å². The van der Waals surface area contributed by atoms with Gasteiger partial charge in [0.2, 0.25) is 0 Å². The third-order valence-corrected chi connectivity index (χ3v) is 5.18. The standard InChI is InChI=1S/C5BrCl5/c6-3-1(7)2(8)4(9)5(3,10)11. The van der Waals surface area contributed by atoms with E-state index in [1.807, 2.05) is 0 Å². The van der Waals surface area contributed by atoms with Crippen LogP contribution in [0.5, 0.6) is 0 Å². The van der Waals surface area contributed by atoms with Gasteiger partial charge >= 0.3 is 0 Å². The quantitative estimate of drug-likeness (QED) is 0.568. The van der Waals surface area contributed by atoms with E-state index < -0.39 is 4.33 Å². The normalized spacial score (nSPS) is 23.5. The summed E-state index contributed by atoms with van der Waals surface area (Å²) in [5, 5.41) is 0.561. The number of hydrogen-bond acceptors (Lipinski definition) is 0. The molecule has 1 aliphatic rings. The Morgan fingerprint density at radius 3 is 1.55 bits per heavy atom. The average molecular weight is 317 g/mol. The highest BCUT2D eigenvalue weighted by atomic mass is 79.9. The Labute approximate surface area is 97.2 Å². The molecule has 0 aromatic heterocycles. The van der Waals surface area contributed by atoms with Crippen molar-refractivity contribution in [2.75, 3.05) is 0 Å². The number of halogens is 6. The van der Waals surface area contributed by atoms with E-state index in [9.17, 15) is 0 Å². The summed E-state index contributed by atoms with van der Waals surface area (Å²) in [6.07, 6.45) is 0. The van der Waals surface area contributed by atoms with Crippen molar-refractivity contribution in [1.82, 2.24) is 0 Å². The number of alkyl halides is 2. The molecule has 0 atom stereocenters. The predicted molar refractivity (Wildman–Crippen MR) is 55.0 cm³/mol. The molecule has 1 aliphatic carbocycles. The van der Waals surface area contributed by atoms with Gasteiger partial charge in [0, 0.05) is 0 Å². The first-order chi connectivity index (χ1) is 4.89. The van der Waals surface area contributed by atoms with Crippen molar-refractivity contribution in [3.63, 3.8) is 0 Å². The van der Waals surface area contributed by atoms with Crippen LogP contribution in [0.25, 0.3) is 0 Å². The largest absolute Gasteiger partial charge is 0.187 e. The van der Waals surface area contributed by atoms with E-state index in [2.05, 4.69) is 15.9 Å². The number of hydrogen-bond donors (Lipinski definition) is 0. The molecule has 0 saturated heterocycles. The first kappa shape index (κ1) is 10.5. The minimum Gasteiger partial charge on any atom is -0.0892 e. The van der Waals surface area contributed by atoms with Crippen molar-refractivity contribution < 1.29 is 0 Å². The molecule has 0 radical (unpaired) electrons. The van der Waals surface area contributed by atoms with Gasteiger partial charge in [-0.2, -0.15) is 0 Å². The molecule has 0 N–H and O–H groups in total. The first-order valence-electron chi connectivity index (χ1n) is 2.38. The maximum absolute atomic E-state index is 5.76. The van der Waals surface area contributed by atoms with Gasteiger partial charge in [-0.15, -0.1) is 0 Å². The Morgan fingerprint density at radius 1 is 1.00 bits per heavy atom. The maximum atomic E-state index is 5.76. The molecule has 0 heterocycles. The Kier molecular flexibility index (Phi) is 3.13. The maximum Gasteiger partial charge on any atom is 0.187 e. The fourth-order valence-corrected chi connectivity index (χ4v) is 2.47. The molecule has 1 rings (SSSR count). The van der Waals surface area contributed by atoms with Gasteiger partial charge in [0.15, 0.2) is 4.33 Å². The van der Waals surface area contributed by atoms with Gasteiger partial charge in [-0.25, -0.2) is 0 Å². The molecule has 0 aliphatic heterocycles. The molecule has 0 spiro atoms. The lowest BCUT2D eigenvalue weighted by atomic mass is 10.4. The fourth-order valence-electron chi connectivity index (χ4n) is 0.565. The van der Waals surface area contributed by atoms with Crippen molar-refractivity contribution in [3.8, 4) is 0 Å². The number of allylic oxidation sites excluding steroid dienone is 4. The van der Waals surface area contributed by atoms with E-state index in [0.717, 1.165) is 0 Å². The minimum absolute atomic E-state index is 0.124. The molecular formula is C5BrCl5. The van der Waals surface area contributed by atoms with Gasteiger partial charge in [-0.1, -0.05) is 73.9 Å². The summed E-state index contributed by atoms with van der Waals surface area (Å²) in [5.41, 5.74) is 0. The van der Waals surface area contributed by atoms with Gasteiger partial charge in [0.1, 0.15) is 0 Å². The van der Waals surface area contributed by atoms with Gasteiger partial charge < -0.3 is 0 Å². The molecule has 0 amide bonds. The number of rotatable bonds is 0. The van der Waals surface area contributed by atoms with Crippen LogP contribution in [-0.4, -0.2) is 4.33 Å². The molecule has 62 valence electrons. The average Bonchev–Trinajstić information content (AvgIpc) is 2.06. The lowest BCUT2D eigenvalue weighted by Gasteiger charge is -2.12. The fraction of sp³-hybridized carbons (Fsp3) is 0.200. The predicted octanol–water partition coefficient (Wildman–Crippen LogP) is 4.71. The van der Waals surface area contributed by atoms with Gasteiger partial charge in [0.25, 0.3) is 0 Å². The first-order valence-corrected chi connectivity index (χ1v) is 5.07. The van der Waals surface area contributed by atoms with Crippen LogP contribution < -0.4 is 0 Å². The van der Waals surface area contributed by atoms with Crippen LogP contribution in [0.1, 0.15) is 0 Å². The van der Waals surface area contributed by atoms with Crippen molar-refractivity contribution in [2.24, 2.45) is 0 Å². The van der Waals surface area contributed by atoms with Crippen molar-refractivity contribution >= 4 is 73.9 Å². The highest BCUT2D eigenvalue weighted by molar-refractivity contribution is 9.12. The molecule has 0 bridgehead atoms. The lowest BCUT2D eigenvalue weighted by molar-refractivity contribution is 1.26. The Hall–Kier alpha value is 1.41.